The number of anilines is 2. The fraction of sp³-hybridized carbons (Fsp3) is 0.600. The second-order valence-electron chi connectivity index (χ2n) is 4.01. The zero-order valence-electron chi connectivity index (χ0n) is 8.80. The first kappa shape index (κ1) is 10.2. The lowest BCUT2D eigenvalue weighted by Gasteiger charge is -2.25. The average Bonchev–Trinajstić information content (AvgIpc) is 2.59. The predicted molar refractivity (Wildman–Crippen MR) is 58.4 cm³/mol. The highest BCUT2D eigenvalue weighted by Gasteiger charge is 2.31. The monoisotopic (exact) mass is 208 g/mol. The van der Waals surface area contributed by atoms with E-state index in [-0.39, 0.29) is 12.6 Å². The minimum atomic E-state index is 0.140. The average molecular weight is 208 g/mol. The van der Waals surface area contributed by atoms with Gasteiger partial charge in [0.1, 0.15) is 11.6 Å². The number of aliphatic hydroxyl groups excluding tert-OH is 1. The van der Waals surface area contributed by atoms with Crippen LogP contribution in [0.1, 0.15) is 13.3 Å². The number of hydrogen-bond acceptors (Lipinski definition) is 5. The van der Waals surface area contributed by atoms with E-state index in [1.165, 1.54) is 6.20 Å². The Balaban J connectivity index is 2.23. The third kappa shape index (κ3) is 1.87. The van der Waals surface area contributed by atoms with Crippen LogP contribution in [0.2, 0.25) is 0 Å². The maximum atomic E-state index is 9.32. The van der Waals surface area contributed by atoms with Gasteiger partial charge in [0.25, 0.3) is 0 Å². The van der Waals surface area contributed by atoms with Gasteiger partial charge in [-0.15, -0.1) is 0 Å². The van der Waals surface area contributed by atoms with Crippen LogP contribution in [0.3, 0.4) is 0 Å². The van der Waals surface area contributed by atoms with Crippen LogP contribution in [0.4, 0.5) is 11.6 Å². The molecule has 3 N–H and O–H groups in total. The highest BCUT2D eigenvalue weighted by molar-refractivity contribution is 5.43. The van der Waals surface area contributed by atoms with E-state index >= 15 is 0 Å². The van der Waals surface area contributed by atoms with Crippen LogP contribution >= 0.6 is 0 Å². The SMILES string of the molecule is CC1CCN(c2cncc(N)n2)C1CO. The molecule has 82 valence electrons. The van der Waals surface area contributed by atoms with E-state index in [4.69, 9.17) is 5.73 Å². The van der Waals surface area contributed by atoms with Gasteiger partial charge in [-0.2, -0.15) is 0 Å². The summed E-state index contributed by atoms with van der Waals surface area (Å²) in [5.74, 6) is 1.67. The van der Waals surface area contributed by atoms with Crippen molar-refractivity contribution in [1.29, 1.82) is 0 Å². The maximum Gasteiger partial charge on any atom is 0.149 e. The van der Waals surface area contributed by atoms with Crippen LogP contribution in [-0.4, -0.2) is 34.3 Å². The lowest BCUT2D eigenvalue weighted by atomic mass is 10.0. The molecule has 2 heterocycles. The van der Waals surface area contributed by atoms with Gasteiger partial charge in [0, 0.05) is 6.54 Å². The van der Waals surface area contributed by atoms with E-state index in [0.717, 1.165) is 18.8 Å². The number of rotatable bonds is 2. The molecule has 1 saturated heterocycles. The van der Waals surface area contributed by atoms with E-state index < -0.39 is 0 Å². The summed E-state index contributed by atoms with van der Waals surface area (Å²) < 4.78 is 0. The van der Waals surface area contributed by atoms with Gasteiger partial charge in [-0.1, -0.05) is 6.92 Å². The number of nitrogens with zero attached hydrogens (tertiary/aromatic N) is 3. The fourth-order valence-corrected chi connectivity index (χ4v) is 2.08. The third-order valence-corrected chi connectivity index (χ3v) is 3.00. The number of hydrogen-bond donors (Lipinski definition) is 2. The summed E-state index contributed by atoms with van der Waals surface area (Å²) in [6.45, 7) is 3.20. The largest absolute Gasteiger partial charge is 0.394 e. The zero-order chi connectivity index (χ0) is 10.8. The van der Waals surface area contributed by atoms with Crippen LogP contribution in [-0.2, 0) is 0 Å². The van der Waals surface area contributed by atoms with Crippen LogP contribution in [0.5, 0.6) is 0 Å². The van der Waals surface area contributed by atoms with Gasteiger partial charge in [-0.3, -0.25) is 4.98 Å². The Morgan fingerprint density at radius 3 is 3.07 bits per heavy atom. The van der Waals surface area contributed by atoms with Crippen molar-refractivity contribution in [3.8, 4) is 0 Å². The van der Waals surface area contributed by atoms with E-state index in [0.29, 0.717) is 11.7 Å². The molecule has 1 fully saturated rings. The van der Waals surface area contributed by atoms with Crippen LogP contribution in [0, 0.1) is 5.92 Å². The molecule has 0 aromatic carbocycles. The Labute approximate surface area is 88.9 Å². The second kappa shape index (κ2) is 4.02. The molecule has 0 spiro atoms. The second-order valence-corrected chi connectivity index (χ2v) is 4.01. The van der Waals surface area contributed by atoms with Gasteiger partial charge < -0.3 is 15.7 Å². The van der Waals surface area contributed by atoms with E-state index in [1.807, 2.05) is 0 Å². The van der Waals surface area contributed by atoms with Gasteiger partial charge in [0.2, 0.25) is 0 Å². The van der Waals surface area contributed by atoms with Gasteiger partial charge in [0.15, 0.2) is 0 Å². The molecule has 5 nitrogen and oxygen atoms in total. The Kier molecular flexibility index (Phi) is 2.73. The molecule has 0 amide bonds. The van der Waals surface area contributed by atoms with Gasteiger partial charge in [0.05, 0.1) is 25.0 Å². The molecule has 1 aromatic rings. The van der Waals surface area contributed by atoms with Crippen molar-refractivity contribution in [3.63, 3.8) is 0 Å². The van der Waals surface area contributed by atoms with Crippen molar-refractivity contribution < 1.29 is 5.11 Å². The summed E-state index contributed by atoms with van der Waals surface area (Å²) in [5, 5.41) is 9.32. The highest BCUT2D eigenvalue weighted by atomic mass is 16.3. The van der Waals surface area contributed by atoms with Gasteiger partial charge >= 0.3 is 0 Å². The van der Waals surface area contributed by atoms with Crippen LogP contribution < -0.4 is 10.6 Å². The Bertz CT molecular complexity index is 344. The van der Waals surface area contributed by atoms with Gasteiger partial charge in [-0.25, -0.2) is 4.98 Å². The molecule has 0 bridgehead atoms. The molecule has 1 aromatic heterocycles. The summed E-state index contributed by atoms with van der Waals surface area (Å²) in [6, 6.07) is 0.140. The molecule has 2 atom stereocenters. The minimum Gasteiger partial charge on any atom is -0.394 e. The Morgan fingerprint density at radius 1 is 1.60 bits per heavy atom. The smallest absolute Gasteiger partial charge is 0.149 e. The maximum absolute atomic E-state index is 9.32. The Hall–Kier alpha value is -1.36. The minimum absolute atomic E-state index is 0.140. The summed E-state index contributed by atoms with van der Waals surface area (Å²) in [5.41, 5.74) is 5.58. The molecule has 1 aliphatic rings. The normalized spacial score (nSPS) is 25.9. The first-order valence-electron chi connectivity index (χ1n) is 5.17. The molecule has 15 heavy (non-hydrogen) atoms. The molecule has 5 heteroatoms. The quantitative estimate of drug-likeness (QED) is 0.729. The first-order chi connectivity index (χ1) is 7.22. The standard InChI is InChI=1S/C10H16N4O/c1-7-2-3-14(8(7)6-15)10-5-12-4-9(11)13-10/h4-5,7-8,15H,2-3,6H2,1H3,(H2,11,13). The summed E-state index contributed by atoms with van der Waals surface area (Å²) in [6.07, 6.45) is 4.29. The molecule has 2 rings (SSSR count). The van der Waals surface area contributed by atoms with Crippen molar-refractivity contribution in [2.75, 3.05) is 23.8 Å². The first-order valence-corrected chi connectivity index (χ1v) is 5.17. The predicted octanol–water partition coefficient (Wildman–Crippen LogP) is 0.266. The number of aromatic nitrogens is 2. The van der Waals surface area contributed by atoms with Gasteiger partial charge in [-0.05, 0) is 12.3 Å². The molecular weight excluding hydrogens is 192 g/mol. The number of nitrogen functional groups attached to an aromatic ring is 1. The third-order valence-electron chi connectivity index (χ3n) is 3.00. The summed E-state index contributed by atoms with van der Waals surface area (Å²) >= 11 is 0. The van der Waals surface area contributed by atoms with Crippen molar-refractivity contribution in [1.82, 2.24) is 9.97 Å². The summed E-state index contributed by atoms with van der Waals surface area (Å²) in [4.78, 5) is 10.3. The zero-order valence-corrected chi connectivity index (χ0v) is 8.80. The van der Waals surface area contributed by atoms with Crippen molar-refractivity contribution in [2.45, 2.75) is 19.4 Å². The summed E-state index contributed by atoms with van der Waals surface area (Å²) in [7, 11) is 0. The molecule has 0 aliphatic carbocycles. The fourth-order valence-electron chi connectivity index (χ4n) is 2.08. The van der Waals surface area contributed by atoms with E-state index in [9.17, 15) is 5.11 Å². The van der Waals surface area contributed by atoms with Crippen LogP contribution in [0.25, 0.3) is 0 Å². The lowest BCUT2D eigenvalue weighted by molar-refractivity contribution is 0.244. The topological polar surface area (TPSA) is 75.3 Å². The Morgan fingerprint density at radius 2 is 2.40 bits per heavy atom. The number of nitrogens with two attached hydrogens (primary N) is 1. The molecule has 1 aliphatic heterocycles. The molecule has 0 radical (unpaired) electrons. The van der Waals surface area contributed by atoms with Crippen molar-refractivity contribution >= 4 is 11.6 Å². The molecular formula is C10H16N4O. The molecule has 2 unspecified atom stereocenters. The van der Waals surface area contributed by atoms with Crippen molar-refractivity contribution in [2.24, 2.45) is 5.92 Å². The lowest BCUT2D eigenvalue weighted by Crippen LogP contribution is -2.35. The highest BCUT2D eigenvalue weighted by Crippen LogP contribution is 2.27. The van der Waals surface area contributed by atoms with E-state index in [1.54, 1.807) is 6.20 Å². The van der Waals surface area contributed by atoms with E-state index in [2.05, 4.69) is 21.8 Å². The van der Waals surface area contributed by atoms with Crippen LogP contribution in [0.15, 0.2) is 12.4 Å². The van der Waals surface area contributed by atoms with Crippen molar-refractivity contribution in [3.05, 3.63) is 12.4 Å². The number of aliphatic hydroxyl groups is 1. The molecule has 0 saturated carbocycles.